The van der Waals surface area contributed by atoms with Gasteiger partial charge in [0.25, 0.3) is 5.97 Å². The number of benzene rings is 1. The lowest BCUT2D eigenvalue weighted by atomic mass is 9.84. The summed E-state index contributed by atoms with van der Waals surface area (Å²) in [6, 6.07) is 9.17. The van der Waals surface area contributed by atoms with Crippen molar-refractivity contribution in [2.45, 2.75) is 50.0 Å². The van der Waals surface area contributed by atoms with Crippen LogP contribution in [0.15, 0.2) is 30.3 Å². The molecule has 1 atom stereocenters. The fourth-order valence-corrected chi connectivity index (χ4v) is 3.11. The number of hydrogen-bond acceptors (Lipinski definition) is 5. The van der Waals surface area contributed by atoms with E-state index >= 15 is 0 Å². The van der Waals surface area contributed by atoms with Crippen molar-refractivity contribution >= 4 is 23.6 Å². The van der Waals surface area contributed by atoms with Gasteiger partial charge >= 0.3 is 0 Å². The Labute approximate surface area is 159 Å². The van der Waals surface area contributed by atoms with Gasteiger partial charge in [-0.2, -0.15) is 11.8 Å². The molecular weight excluding hydrogens is 352 g/mol. The zero-order valence-corrected chi connectivity index (χ0v) is 16.8. The van der Waals surface area contributed by atoms with Gasteiger partial charge in [0.2, 0.25) is 5.91 Å². The largest absolute Gasteiger partial charge is 0.481 e. The number of carboxylic acid groups (broad SMARTS) is 1. The van der Waals surface area contributed by atoms with Crippen molar-refractivity contribution in [1.29, 1.82) is 0 Å². The van der Waals surface area contributed by atoms with E-state index in [1.807, 2.05) is 50.4 Å². The highest BCUT2D eigenvalue weighted by molar-refractivity contribution is 8.00. The lowest BCUT2D eigenvalue weighted by Crippen LogP contribution is -2.56. The third-order valence-electron chi connectivity index (χ3n) is 4.75. The molecule has 4 N–H and O–H groups in total. The molecule has 1 aromatic carbocycles. The first-order chi connectivity index (χ1) is 12.0. The zero-order valence-electron chi connectivity index (χ0n) is 15.9. The number of hydrogen-bond donors (Lipinski definition) is 3. The molecule has 0 saturated carbocycles. The van der Waals surface area contributed by atoms with Gasteiger partial charge in [-0.1, -0.05) is 30.3 Å². The first kappa shape index (κ1) is 22.5. The highest BCUT2D eigenvalue weighted by Crippen LogP contribution is 2.33. The maximum absolute atomic E-state index is 12.6. The minimum absolute atomic E-state index is 0.0190. The molecule has 0 bridgehead atoms. The lowest BCUT2D eigenvalue weighted by Gasteiger charge is -2.41. The summed E-state index contributed by atoms with van der Waals surface area (Å²) in [7, 11) is 0. The normalized spacial score (nSPS) is 17.7. The zero-order chi connectivity index (χ0) is 20.0. The van der Waals surface area contributed by atoms with Gasteiger partial charge in [0, 0.05) is 24.8 Å². The fourth-order valence-electron chi connectivity index (χ4n) is 2.76. The van der Waals surface area contributed by atoms with Crippen LogP contribution in [0.3, 0.4) is 0 Å². The van der Waals surface area contributed by atoms with Crippen LogP contribution in [0.2, 0.25) is 0 Å². The predicted molar refractivity (Wildman–Crippen MR) is 105 cm³/mol. The van der Waals surface area contributed by atoms with Gasteiger partial charge in [0.15, 0.2) is 0 Å². The van der Waals surface area contributed by atoms with E-state index in [1.165, 1.54) is 0 Å². The van der Waals surface area contributed by atoms with Crippen LogP contribution in [-0.4, -0.2) is 57.1 Å². The van der Waals surface area contributed by atoms with Crippen molar-refractivity contribution in [2.75, 3.05) is 19.3 Å². The number of likely N-dealkylation sites (tertiary alicyclic amines) is 1. The Kier molecular flexibility index (Phi) is 8.12. The summed E-state index contributed by atoms with van der Waals surface area (Å²) < 4.78 is -0.287. The smallest absolute Gasteiger partial charge is 0.300 e. The van der Waals surface area contributed by atoms with E-state index in [-0.39, 0.29) is 10.7 Å². The Balaban J connectivity index is 0.000000765. The van der Waals surface area contributed by atoms with Gasteiger partial charge in [0.05, 0.1) is 11.6 Å². The molecule has 7 heteroatoms. The van der Waals surface area contributed by atoms with E-state index in [0.717, 1.165) is 12.5 Å². The average molecular weight is 383 g/mol. The van der Waals surface area contributed by atoms with Gasteiger partial charge in [-0.15, -0.1) is 0 Å². The molecule has 1 aromatic rings. The van der Waals surface area contributed by atoms with E-state index in [9.17, 15) is 9.90 Å². The minimum atomic E-state index is -0.836. The summed E-state index contributed by atoms with van der Waals surface area (Å²) in [6.45, 7) is 6.15. The Bertz CT molecular complexity index is 595. The summed E-state index contributed by atoms with van der Waals surface area (Å²) in [4.78, 5) is 23.3. The molecule has 1 fully saturated rings. The van der Waals surface area contributed by atoms with E-state index in [0.29, 0.717) is 25.9 Å². The van der Waals surface area contributed by atoms with E-state index in [4.69, 9.17) is 15.6 Å². The molecule has 1 heterocycles. The molecule has 0 radical (unpaired) electrons. The molecule has 146 valence electrons. The quantitative estimate of drug-likeness (QED) is 0.736. The van der Waals surface area contributed by atoms with E-state index in [1.54, 1.807) is 16.7 Å². The van der Waals surface area contributed by atoms with Gasteiger partial charge < -0.3 is 20.8 Å². The van der Waals surface area contributed by atoms with Gasteiger partial charge in [-0.3, -0.25) is 9.59 Å². The molecule has 26 heavy (non-hydrogen) atoms. The van der Waals surface area contributed by atoms with Crippen molar-refractivity contribution in [3.63, 3.8) is 0 Å². The Morgan fingerprint density at radius 2 is 1.69 bits per heavy atom. The first-order valence-electron chi connectivity index (χ1n) is 8.60. The Hall–Kier alpha value is -1.57. The monoisotopic (exact) mass is 382 g/mol. The second-order valence-corrected chi connectivity index (χ2v) is 8.49. The van der Waals surface area contributed by atoms with Crippen LogP contribution in [0.5, 0.6) is 0 Å². The molecule has 0 aromatic heterocycles. The van der Waals surface area contributed by atoms with Crippen LogP contribution in [0.1, 0.15) is 39.2 Å². The number of carbonyl (C=O) groups is 2. The fraction of sp³-hybridized carbons (Fsp3) is 0.579. The number of aliphatic carboxylic acids is 1. The number of thioether (sulfide) groups is 1. The number of aliphatic hydroxyl groups is 1. The number of amides is 1. The maximum atomic E-state index is 12.6. The Morgan fingerprint density at radius 3 is 2.12 bits per heavy atom. The summed E-state index contributed by atoms with van der Waals surface area (Å²) in [5.41, 5.74) is 6.23. The summed E-state index contributed by atoms with van der Waals surface area (Å²) in [5.74, 6) is -0.852. The van der Waals surface area contributed by atoms with Crippen LogP contribution >= 0.6 is 11.8 Å². The van der Waals surface area contributed by atoms with Crippen molar-refractivity contribution in [3.8, 4) is 0 Å². The van der Waals surface area contributed by atoms with E-state index < -0.39 is 17.6 Å². The average Bonchev–Trinajstić information content (AvgIpc) is 2.61. The number of carbonyl (C=O) groups excluding carboxylic acids is 1. The number of rotatable bonds is 4. The Morgan fingerprint density at radius 1 is 1.23 bits per heavy atom. The van der Waals surface area contributed by atoms with Crippen LogP contribution in [0, 0.1) is 0 Å². The third-order valence-corrected chi connectivity index (χ3v) is 6.06. The highest BCUT2D eigenvalue weighted by atomic mass is 32.2. The van der Waals surface area contributed by atoms with Crippen molar-refractivity contribution < 1.29 is 19.8 Å². The molecular formula is C19H30N2O4S. The summed E-state index contributed by atoms with van der Waals surface area (Å²) in [5, 5.41) is 18.2. The molecule has 1 aliphatic heterocycles. The van der Waals surface area contributed by atoms with Crippen LogP contribution in [0.25, 0.3) is 0 Å². The second kappa shape index (κ2) is 9.39. The molecule has 0 unspecified atom stereocenters. The van der Waals surface area contributed by atoms with Crippen LogP contribution in [0.4, 0.5) is 0 Å². The van der Waals surface area contributed by atoms with Crippen LogP contribution in [-0.2, 0) is 15.2 Å². The number of nitrogens with two attached hydrogens (primary N) is 1. The third kappa shape index (κ3) is 6.00. The van der Waals surface area contributed by atoms with Gasteiger partial charge in [-0.05, 0) is 38.5 Å². The maximum Gasteiger partial charge on any atom is 0.300 e. The second-order valence-electron chi connectivity index (χ2n) is 7.03. The summed E-state index contributed by atoms with van der Waals surface area (Å²) >= 11 is 1.60. The molecule has 1 amide bonds. The van der Waals surface area contributed by atoms with Crippen LogP contribution < -0.4 is 5.73 Å². The van der Waals surface area contributed by atoms with Crippen molar-refractivity contribution in [3.05, 3.63) is 35.9 Å². The highest BCUT2D eigenvalue weighted by Gasteiger charge is 2.39. The summed E-state index contributed by atoms with van der Waals surface area (Å²) in [6.07, 6.45) is 3.07. The van der Waals surface area contributed by atoms with Crippen molar-refractivity contribution in [2.24, 2.45) is 5.73 Å². The predicted octanol–water partition coefficient (Wildman–Crippen LogP) is 2.06. The number of piperidine rings is 1. The van der Waals surface area contributed by atoms with Gasteiger partial charge in [-0.25, -0.2) is 0 Å². The molecule has 1 saturated heterocycles. The number of nitrogens with zero attached hydrogens (tertiary/aromatic N) is 1. The van der Waals surface area contributed by atoms with Gasteiger partial charge in [0.1, 0.15) is 0 Å². The minimum Gasteiger partial charge on any atom is -0.481 e. The molecule has 6 nitrogen and oxygen atoms in total. The van der Waals surface area contributed by atoms with Crippen molar-refractivity contribution in [1.82, 2.24) is 4.90 Å². The topological polar surface area (TPSA) is 104 Å². The first-order valence-corrected chi connectivity index (χ1v) is 9.83. The standard InChI is InChI=1S/C17H26N2O2S.C2H4O2/c1-16(2,22-3)14(18)15(20)19-11-9-17(21,10-12-19)13-7-5-4-6-8-13;1-2(3)4/h4-8,14,21H,9-12,18H2,1-3H3;1H3,(H,3,4)/t14-;/m1./s1. The molecule has 1 aliphatic rings. The SMILES string of the molecule is CC(=O)O.CSC(C)(C)[C@H](N)C(=O)N1CCC(O)(c2ccccc2)CC1. The number of carboxylic acids is 1. The molecule has 0 spiro atoms. The van der Waals surface area contributed by atoms with E-state index in [2.05, 4.69) is 0 Å². The lowest BCUT2D eigenvalue weighted by molar-refractivity contribution is -0.138. The molecule has 0 aliphatic carbocycles. The molecule has 2 rings (SSSR count).